The summed E-state index contributed by atoms with van der Waals surface area (Å²) in [7, 11) is 0. The summed E-state index contributed by atoms with van der Waals surface area (Å²) in [5, 5.41) is 2.88. The fraction of sp³-hybridized carbons (Fsp3) is 0.133. The van der Waals surface area contributed by atoms with Gasteiger partial charge in [-0.05, 0) is 55.3 Å². The number of nitrogen functional groups attached to an aromatic ring is 1. The highest BCUT2D eigenvalue weighted by atomic mass is 79.9. The molecule has 0 saturated carbocycles. The smallest absolute Gasteiger partial charge is 0.256 e. The number of hydrogen-bond donors (Lipinski definition) is 2. The Balaban J connectivity index is 2.25. The number of benzene rings is 2. The Bertz CT molecular complexity index is 638. The molecule has 0 aliphatic rings. The maximum atomic E-state index is 12.2. The topological polar surface area (TPSA) is 55.1 Å². The van der Waals surface area contributed by atoms with Crippen LogP contribution in [0, 0.1) is 13.8 Å². The van der Waals surface area contributed by atoms with E-state index in [1.807, 2.05) is 38.1 Å². The number of aryl methyl sites for hydroxylation is 2. The van der Waals surface area contributed by atoms with Crippen LogP contribution in [0.2, 0.25) is 0 Å². The van der Waals surface area contributed by atoms with E-state index in [2.05, 4.69) is 21.2 Å². The van der Waals surface area contributed by atoms with Gasteiger partial charge < -0.3 is 11.1 Å². The highest BCUT2D eigenvalue weighted by Crippen LogP contribution is 2.21. The molecule has 1 amide bonds. The first kappa shape index (κ1) is 13.6. The van der Waals surface area contributed by atoms with Gasteiger partial charge in [-0.25, -0.2) is 0 Å². The standard InChI is InChI=1S/C15H15BrN2O/c1-9-3-4-11(17)8-13(9)15(19)18-12-5-6-14(16)10(2)7-12/h3-8H,17H2,1-2H3,(H,18,19). The van der Waals surface area contributed by atoms with E-state index in [1.165, 1.54) is 0 Å². The molecule has 4 heteroatoms. The Kier molecular flexibility index (Phi) is 3.90. The van der Waals surface area contributed by atoms with E-state index in [4.69, 9.17) is 5.73 Å². The molecule has 0 heterocycles. The first-order valence-electron chi connectivity index (χ1n) is 5.91. The van der Waals surface area contributed by atoms with Gasteiger partial charge >= 0.3 is 0 Å². The average Bonchev–Trinajstić information content (AvgIpc) is 2.36. The van der Waals surface area contributed by atoms with Crippen molar-refractivity contribution in [2.24, 2.45) is 0 Å². The lowest BCUT2D eigenvalue weighted by molar-refractivity contribution is 0.102. The maximum Gasteiger partial charge on any atom is 0.256 e. The summed E-state index contributed by atoms with van der Waals surface area (Å²) in [6.45, 7) is 3.87. The van der Waals surface area contributed by atoms with Crippen LogP contribution in [0.1, 0.15) is 21.5 Å². The molecule has 0 aromatic heterocycles. The quantitative estimate of drug-likeness (QED) is 0.825. The van der Waals surface area contributed by atoms with Crippen molar-refractivity contribution in [2.45, 2.75) is 13.8 Å². The second-order valence-electron chi connectivity index (χ2n) is 4.49. The number of hydrogen-bond acceptors (Lipinski definition) is 2. The minimum atomic E-state index is -0.147. The molecule has 0 unspecified atom stereocenters. The predicted octanol–water partition coefficient (Wildman–Crippen LogP) is 3.90. The molecule has 3 nitrogen and oxygen atoms in total. The van der Waals surface area contributed by atoms with Gasteiger partial charge in [0.05, 0.1) is 0 Å². The fourth-order valence-electron chi connectivity index (χ4n) is 1.81. The molecule has 19 heavy (non-hydrogen) atoms. The highest BCUT2D eigenvalue weighted by molar-refractivity contribution is 9.10. The SMILES string of the molecule is Cc1cc(NC(=O)c2cc(N)ccc2C)ccc1Br. The van der Waals surface area contributed by atoms with Gasteiger partial charge in [0, 0.05) is 21.4 Å². The number of carbonyl (C=O) groups excluding carboxylic acids is 1. The third-order valence-corrected chi connectivity index (χ3v) is 3.81. The molecule has 2 aromatic carbocycles. The lowest BCUT2D eigenvalue weighted by Crippen LogP contribution is -2.13. The van der Waals surface area contributed by atoms with Crippen molar-refractivity contribution in [3.8, 4) is 0 Å². The zero-order valence-corrected chi connectivity index (χ0v) is 12.4. The average molecular weight is 319 g/mol. The fourth-order valence-corrected chi connectivity index (χ4v) is 2.05. The van der Waals surface area contributed by atoms with E-state index in [9.17, 15) is 4.79 Å². The van der Waals surface area contributed by atoms with Crippen molar-refractivity contribution in [2.75, 3.05) is 11.1 Å². The molecule has 0 fully saturated rings. The number of carbonyl (C=O) groups is 1. The van der Waals surface area contributed by atoms with Crippen molar-refractivity contribution in [1.82, 2.24) is 0 Å². The number of halogens is 1. The molecular weight excluding hydrogens is 304 g/mol. The Morgan fingerprint density at radius 2 is 1.84 bits per heavy atom. The van der Waals surface area contributed by atoms with Crippen molar-refractivity contribution in [3.05, 3.63) is 57.6 Å². The van der Waals surface area contributed by atoms with Crippen molar-refractivity contribution in [1.29, 1.82) is 0 Å². The van der Waals surface area contributed by atoms with E-state index in [0.717, 1.165) is 21.3 Å². The van der Waals surface area contributed by atoms with Crippen LogP contribution in [0.15, 0.2) is 40.9 Å². The zero-order valence-electron chi connectivity index (χ0n) is 10.8. The van der Waals surface area contributed by atoms with Crippen molar-refractivity contribution < 1.29 is 4.79 Å². The Morgan fingerprint density at radius 1 is 1.11 bits per heavy atom. The van der Waals surface area contributed by atoms with Crippen LogP contribution in [0.3, 0.4) is 0 Å². The Labute approximate surface area is 121 Å². The molecule has 2 aromatic rings. The van der Waals surface area contributed by atoms with E-state index >= 15 is 0 Å². The third-order valence-electron chi connectivity index (χ3n) is 2.92. The number of nitrogens with one attached hydrogen (secondary N) is 1. The van der Waals surface area contributed by atoms with E-state index in [0.29, 0.717) is 11.3 Å². The summed E-state index contributed by atoms with van der Waals surface area (Å²) in [6, 6.07) is 11.0. The van der Waals surface area contributed by atoms with Crippen molar-refractivity contribution in [3.63, 3.8) is 0 Å². The molecule has 0 radical (unpaired) electrons. The minimum absolute atomic E-state index is 0.147. The van der Waals surface area contributed by atoms with Gasteiger partial charge in [-0.1, -0.05) is 22.0 Å². The largest absolute Gasteiger partial charge is 0.399 e. The predicted molar refractivity (Wildman–Crippen MR) is 82.4 cm³/mol. The summed E-state index contributed by atoms with van der Waals surface area (Å²) in [5.74, 6) is -0.147. The van der Waals surface area contributed by atoms with Crippen LogP contribution < -0.4 is 11.1 Å². The summed E-state index contributed by atoms with van der Waals surface area (Å²) >= 11 is 3.43. The minimum Gasteiger partial charge on any atom is -0.399 e. The van der Waals surface area contributed by atoms with Crippen LogP contribution in [-0.4, -0.2) is 5.91 Å². The molecule has 0 bridgehead atoms. The maximum absolute atomic E-state index is 12.2. The van der Waals surface area contributed by atoms with Crippen LogP contribution in [0.4, 0.5) is 11.4 Å². The van der Waals surface area contributed by atoms with Gasteiger partial charge in [0.15, 0.2) is 0 Å². The number of nitrogens with two attached hydrogens (primary N) is 1. The molecule has 0 saturated heterocycles. The van der Waals surface area contributed by atoms with Gasteiger partial charge in [-0.3, -0.25) is 4.79 Å². The number of anilines is 2. The van der Waals surface area contributed by atoms with Gasteiger partial charge in [0.2, 0.25) is 0 Å². The molecule has 98 valence electrons. The first-order chi connectivity index (χ1) is 8.97. The summed E-state index contributed by atoms with van der Waals surface area (Å²) in [5.41, 5.74) is 9.65. The third kappa shape index (κ3) is 3.15. The first-order valence-corrected chi connectivity index (χ1v) is 6.70. The lowest BCUT2D eigenvalue weighted by atomic mass is 10.1. The van der Waals surface area contributed by atoms with E-state index in [1.54, 1.807) is 12.1 Å². The molecule has 0 atom stereocenters. The van der Waals surface area contributed by atoms with Crippen LogP contribution in [0.25, 0.3) is 0 Å². The van der Waals surface area contributed by atoms with Crippen LogP contribution >= 0.6 is 15.9 Å². The van der Waals surface area contributed by atoms with Gasteiger partial charge in [-0.2, -0.15) is 0 Å². The number of rotatable bonds is 2. The molecule has 3 N–H and O–H groups in total. The summed E-state index contributed by atoms with van der Waals surface area (Å²) < 4.78 is 1.02. The Hall–Kier alpha value is -1.81. The molecule has 0 spiro atoms. The normalized spacial score (nSPS) is 10.3. The molecule has 0 aliphatic carbocycles. The van der Waals surface area contributed by atoms with Gasteiger partial charge in [0.1, 0.15) is 0 Å². The Morgan fingerprint density at radius 3 is 2.53 bits per heavy atom. The molecule has 2 rings (SSSR count). The lowest BCUT2D eigenvalue weighted by Gasteiger charge is -2.09. The summed E-state index contributed by atoms with van der Waals surface area (Å²) in [6.07, 6.45) is 0. The van der Waals surface area contributed by atoms with Gasteiger partial charge in [0.25, 0.3) is 5.91 Å². The molecule has 0 aliphatic heterocycles. The van der Waals surface area contributed by atoms with E-state index in [-0.39, 0.29) is 5.91 Å². The number of amides is 1. The van der Waals surface area contributed by atoms with Crippen LogP contribution in [0.5, 0.6) is 0 Å². The van der Waals surface area contributed by atoms with Gasteiger partial charge in [-0.15, -0.1) is 0 Å². The monoisotopic (exact) mass is 318 g/mol. The highest BCUT2D eigenvalue weighted by Gasteiger charge is 2.10. The second-order valence-corrected chi connectivity index (χ2v) is 5.35. The van der Waals surface area contributed by atoms with Crippen molar-refractivity contribution >= 4 is 33.2 Å². The van der Waals surface area contributed by atoms with Crippen LogP contribution in [-0.2, 0) is 0 Å². The molecular formula is C15H15BrN2O. The zero-order chi connectivity index (χ0) is 14.0. The van der Waals surface area contributed by atoms with E-state index < -0.39 is 0 Å². The second kappa shape index (κ2) is 5.45. The summed E-state index contributed by atoms with van der Waals surface area (Å²) in [4.78, 5) is 12.2.